The largest absolute Gasteiger partial charge is 0.364 e. The molecule has 1 amide bonds. The van der Waals surface area contributed by atoms with Crippen molar-refractivity contribution in [2.75, 3.05) is 5.32 Å². The highest BCUT2D eigenvalue weighted by Gasteiger charge is 2.10. The lowest BCUT2D eigenvalue weighted by atomic mass is 10.4. The number of hydrogen-bond donors (Lipinski definition) is 1. The third-order valence-corrected chi connectivity index (χ3v) is 2.39. The summed E-state index contributed by atoms with van der Waals surface area (Å²) in [4.78, 5) is 15.5. The number of carbonyl (C=O) groups is 1. The van der Waals surface area contributed by atoms with Gasteiger partial charge in [0.15, 0.2) is 10.8 Å². The van der Waals surface area contributed by atoms with E-state index in [0.717, 1.165) is 5.69 Å². The van der Waals surface area contributed by atoms with E-state index >= 15 is 0 Å². The Morgan fingerprint density at radius 2 is 2.50 bits per heavy atom. The molecule has 0 bridgehead atoms. The quantitative estimate of drug-likeness (QED) is 0.817. The minimum atomic E-state index is -0.312. The van der Waals surface area contributed by atoms with Gasteiger partial charge in [0, 0.05) is 11.4 Å². The Bertz CT molecular complexity index is 435. The molecule has 2 aromatic rings. The van der Waals surface area contributed by atoms with Gasteiger partial charge in [-0.15, -0.1) is 11.3 Å². The minimum absolute atomic E-state index is 0.248. The maximum Gasteiger partial charge on any atom is 0.279 e. The number of nitrogens with one attached hydrogen (secondary N) is 1. The highest BCUT2D eigenvalue weighted by Crippen LogP contribution is 2.14. The number of rotatable bonds is 2. The predicted octanol–water partition coefficient (Wildman–Crippen LogP) is 1.69. The van der Waals surface area contributed by atoms with Crippen LogP contribution >= 0.6 is 11.3 Å². The first kappa shape index (κ1) is 8.89. The van der Waals surface area contributed by atoms with E-state index in [1.807, 2.05) is 12.3 Å². The Balaban J connectivity index is 2.09. The first-order valence-corrected chi connectivity index (χ1v) is 4.77. The van der Waals surface area contributed by atoms with Gasteiger partial charge in [0.2, 0.25) is 0 Å². The van der Waals surface area contributed by atoms with Gasteiger partial charge in [-0.2, -0.15) is 0 Å². The summed E-state index contributed by atoms with van der Waals surface area (Å²) in [6.45, 7) is 1.86. The number of anilines is 1. The summed E-state index contributed by atoms with van der Waals surface area (Å²) < 4.78 is 4.55. The number of aryl methyl sites for hydroxylation is 1. The predicted molar refractivity (Wildman–Crippen MR) is 51.3 cm³/mol. The van der Waals surface area contributed by atoms with Gasteiger partial charge in [-0.25, -0.2) is 4.98 Å². The first-order chi connectivity index (χ1) is 6.75. The van der Waals surface area contributed by atoms with Gasteiger partial charge in [0.05, 0.1) is 5.69 Å². The molecule has 2 aromatic heterocycles. The number of carbonyl (C=O) groups excluding carboxylic acids is 1. The summed E-state index contributed by atoms with van der Waals surface area (Å²) in [6.07, 6.45) is 1.35. The second kappa shape index (κ2) is 3.59. The molecular weight excluding hydrogens is 202 g/mol. The van der Waals surface area contributed by atoms with Gasteiger partial charge in [-0.3, -0.25) is 10.1 Å². The summed E-state index contributed by atoms with van der Waals surface area (Å²) in [6, 6.07) is 1.50. The molecule has 2 heterocycles. The van der Waals surface area contributed by atoms with E-state index in [1.54, 1.807) is 0 Å². The van der Waals surface area contributed by atoms with Crippen LogP contribution in [0.25, 0.3) is 0 Å². The average molecular weight is 209 g/mol. The Morgan fingerprint density at radius 1 is 1.64 bits per heavy atom. The van der Waals surface area contributed by atoms with E-state index in [9.17, 15) is 4.79 Å². The van der Waals surface area contributed by atoms with Crippen molar-refractivity contribution in [3.05, 3.63) is 29.1 Å². The van der Waals surface area contributed by atoms with Gasteiger partial charge >= 0.3 is 0 Å². The number of amides is 1. The fourth-order valence-electron chi connectivity index (χ4n) is 0.902. The Labute approximate surface area is 83.8 Å². The number of aromatic nitrogens is 2. The van der Waals surface area contributed by atoms with Gasteiger partial charge in [0.1, 0.15) is 6.26 Å². The van der Waals surface area contributed by atoms with Crippen LogP contribution in [-0.4, -0.2) is 16.0 Å². The van der Waals surface area contributed by atoms with Crippen molar-refractivity contribution in [2.24, 2.45) is 0 Å². The second-order valence-electron chi connectivity index (χ2n) is 2.63. The summed E-state index contributed by atoms with van der Waals surface area (Å²) >= 11 is 1.37. The molecule has 0 spiro atoms. The monoisotopic (exact) mass is 209 g/mol. The lowest BCUT2D eigenvalue weighted by molar-refractivity contribution is 0.101. The second-order valence-corrected chi connectivity index (χ2v) is 3.49. The maximum absolute atomic E-state index is 11.4. The topological polar surface area (TPSA) is 68.0 Å². The van der Waals surface area contributed by atoms with Crippen LogP contribution in [0.15, 0.2) is 22.2 Å². The van der Waals surface area contributed by atoms with Crippen LogP contribution in [0, 0.1) is 6.92 Å². The zero-order valence-corrected chi connectivity index (χ0v) is 8.17. The van der Waals surface area contributed by atoms with Crippen LogP contribution in [0.1, 0.15) is 16.2 Å². The van der Waals surface area contributed by atoms with Crippen molar-refractivity contribution in [1.82, 2.24) is 10.1 Å². The number of hydrogen-bond acceptors (Lipinski definition) is 5. The normalized spacial score (nSPS) is 10.1. The van der Waals surface area contributed by atoms with Crippen molar-refractivity contribution in [3.8, 4) is 0 Å². The highest BCUT2D eigenvalue weighted by molar-refractivity contribution is 7.13. The van der Waals surface area contributed by atoms with Crippen LogP contribution in [0.3, 0.4) is 0 Å². The number of thiazole rings is 1. The lowest BCUT2D eigenvalue weighted by Gasteiger charge is -1.95. The third-order valence-electron chi connectivity index (χ3n) is 1.51. The molecule has 6 heteroatoms. The molecule has 0 unspecified atom stereocenters. The van der Waals surface area contributed by atoms with Crippen LogP contribution < -0.4 is 5.32 Å². The fourth-order valence-corrected chi connectivity index (χ4v) is 1.59. The molecule has 0 aliphatic carbocycles. The van der Waals surface area contributed by atoms with Gasteiger partial charge in [0.25, 0.3) is 5.91 Å². The Hall–Kier alpha value is -1.69. The van der Waals surface area contributed by atoms with Gasteiger partial charge in [-0.1, -0.05) is 5.16 Å². The van der Waals surface area contributed by atoms with Crippen LogP contribution in [0.2, 0.25) is 0 Å². The molecule has 14 heavy (non-hydrogen) atoms. The summed E-state index contributed by atoms with van der Waals surface area (Å²) in [5.74, 6) is -0.312. The Morgan fingerprint density at radius 3 is 3.07 bits per heavy atom. The smallest absolute Gasteiger partial charge is 0.279 e. The molecular formula is C8H7N3O2S. The maximum atomic E-state index is 11.4. The SMILES string of the molecule is Cc1csc(NC(=O)c2ccon2)n1. The molecule has 5 nitrogen and oxygen atoms in total. The minimum Gasteiger partial charge on any atom is -0.364 e. The van der Waals surface area contributed by atoms with Crippen LogP contribution in [-0.2, 0) is 0 Å². The van der Waals surface area contributed by atoms with E-state index in [0.29, 0.717) is 5.13 Å². The summed E-state index contributed by atoms with van der Waals surface area (Å²) in [5, 5.41) is 8.54. The summed E-state index contributed by atoms with van der Waals surface area (Å²) in [5.41, 5.74) is 1.13. The molecule has 72 valence electrons. The molecule has 0 atom stereocenters. The molecule has 0 radical (unpaired) electrons. The lowest BCUT2D eigenvalue weighted by Crippen LogP contribution is -2.11. The van der Waals surface area contributed by atoms with Crippen molar-refractivity contribution in [2.45, 2.75) is 6.92 Å². The van der Waals surface area contributed by atoms with Crippen molar-refractivity contribution < 1.29 is 9.32 Å². The molecule has 0 aliphatic heterocycles. The van der Waals surface area contributed by atoms with Gasteiger partial charge < -0.3 is 4.52 Å². The average Bonchev–Trinajstić information content (AvgIpc) is 2.75. The van der Waals surface area contributed by atoms with E-state index in [-0.39, 0.29) is 11.6 Å². The molecule has 0 saturated heterocycles. The van der Waals surface area contributed by atoms with Crippen molar-refractivity contribution in [3.63, 3.8) is 0 Å². The molecule has 1 N–H and O–H groups in total. The molecule has 0 aliphatic rings. The highest BCUT2D eigenvalue weighted by atomic mass is 32.1. The third kappa shape index (κ3) is 1.80. The number of nitrogens with zero attached hydrogens (tertiary/aromatic N) is 2. The molecule has 0 saturated carbocycles. The van der Waals surface area contributed by atoms with Crippen LogP contribution in [0.5, 0.6) is 0 Å². The molecule has 0 aromatic carbocycles. The van der Waals surface area contributed by atoms with Crippen LogP contribution in [0.4, 0.5) is 5.13 Å². The van der Waals surface area contributed by atoms with Crippen molar-refractivity contribution >= 4 is 22.4 Å². The van der Waals surface area contributed by atoms with E-state index in [1.165, 1.54) is 23.7 Å². The standard InChI is InChI=1S/C8H7N3O2S/c1-5-4-14-8(9-5)10-7(12)6-2-3-13-11-6/h2-4H,1H3,(H,9,10,12). The fraction of sp³-hybridized carbons (Fsp3) is 0.125. The van der Waals surface area contributed by atoms with E-state index in [2.05, 4.69) is 20.0 Å². The van der Waals surface area contributed by atoms with E-state index in [4.69, 9.17) is 0 Å². The Kier molecular flexibility index (Phi) is 2.28. The van der Waals surface area contributed by atoms with Gasteiger partial charge in [-0.05, 0) is 6.92 Å². The zero-order valence-electron chi connectivity index (χ0n) is 7.35. The zero-order chi connectivity index (χ0) is 9.97. The first-order valence-electron chi connectivity index (χ1n) is 3.89. The molecule has 0 fully saturated rings. The van der Waals surface area contributed by atoms with E-state index < -0.39 is 0 Å². The molecule has 2 rings (SSSR count). The summed E-state index contributed by atoms with van der Waals surface area (Å²) in [7, 11) is 0. The van der Waals surface area contributed by atoms with Crippen molar-refractivity contribution in [1.29, 1.82) is 0 Å².